The molecule has 1 unspecified atom stereocenters. The highest BCUT2D eigenvalue weighted by molar-refractivity contribution is 7.88. The van der Waals surface area contributed by atoms with Gasteiger partial charge in [-0.2, -0.15) is 0 Å². The molecule has 6 nitrogen and oxygen atoms in total. The minimum atomic E-state index is -3.17. The smallest absolute Gasteiger partial charge is 0.248 e. The molecule has 2 heterocycles. The number of carbonyl (C=O) groups excluding carboxylic acids is 1. The first-order chi connectivity index (χ1) is 14.3. The monoisotopic (exact) mass is 433 g/mol. The maximum atomic E-state index is 12.4. The zero-order valence-corrected chi connectivity index (χ0v) is 18.8. The summed E-state index contributed by atoms with van der Waals surface area (Å²) < 4.78 is 26.5. The molecule has 2 N–H and O–H groups in total. The summed E-state index contributed by atoms with van der Waals surface area (Å²) in [6, 6.07) is 8.77. The molecule has 1 amide bonds. The lowest BCUT2D eigenvalue weighted by atomic mass is 9.84. The molecule has 3 aliphatic rings. The van der Waals surface area contributed by atoms with Crippen LogP contribution in [-0.4, -0.2) is 61.5 Å². The van der Waals surface area contributed by atoms with Crippen LogP contribution in [0.1, 0.15) is 73.2 Å². The van der Waals surface area contributed by atoms with Gasteiger partial charge in [-0.1, -0.05) is 25.0 Å². The molecule has 166 valence electrons. The predicted molar refractivity (Wildman–Crippen MR) is 119 cm³/mol. The Balaban J connectivity index is 1.38. The van der Waals surface area contributed by atoms with Gasteiger partial charge in [-0.25, -0.2) is 12.7 Å². The largest absolute Gasteiger partial charge is 0.366 e. The zero-order valence-electron chi connectivity index (χ0n) is 18.0. The molecule has 1 aromatic carbocycles. The van der Waals surface area contributed by atoms with Crippen molar-refractivity contribution in [3.05, 3.63) is 35.4 Å². The van der Waals surface area contributed by atoms with Crippen LogP contribution in [0.25, 0.3) is 0 Å². The second kappa shape index (κ2) is 8.97. The highest BCUT2D eigenvalue weighted by Crippen LogP contribution is 2.43. The van der Waals surface area contributed by atoms with E-state index in [1.54, 1.807) is 10.4 Å². The third-order valence-corrected chi connectivity index (χ3v) is 8.81. The van der Waals surface area contributed by atoms with Gasteiger partial charge in [0.1, 0.15) is 0 Å². The number of rotatable bonds is 8. The maximum absolute atomic E-state index is 12.4. The van der Waals surface area contributed by atoms with Crippen LogP contribution >= 0.6 is 0 Å². The van der Waals surface area contributed by atoms with E-state index in [1.807, 2.05) is 12.1 Å². The molecule has 1 saturated carbocycles. The number of hydrogen-bond acceptors (Lipinski definition) is 4. The Kier molecular flexibility index (Phi) is 6.51. The molecule has 3 fully saturated rings. The van der Waals surface area contributed by atoms with Gasteiger partial charge < -0.3 is 5.73 Å². The molecule has 2 aliphatic heterocycles. The molecule has 1 aromatic rings. The van der Waals surface area contributed by atoms with E-state index in [0.29, 0.717) is 42.6 Å². The Labute approximate surface area is 180 Å². The van der Waals surface area contributed by atoms with Crippen LogP contribution in [-0.2, 0) is 10.0 Å². The number of hydrogen-bond donors (Lipinski definition) is 1. The van der Waals surface area contributed by atoms with Gasteiger partial charge in [-0.3, -0.25) is 9.69 Å². The van der Waals surface area contributed by atoms with Crippen LogP contribution in [0.15, 0.2) is 24.3 Å². The van der Waals surface area contributed by atoms with Crippen molar-refractivity contribution in [3.63, 3.8) is 0 Å². The Morgan fingerprint density at radius 2 is 1.80 bits per heavy atom. The summed E-state index contributed by atoms with van der Waals surface area (Å²) in [6.07, 6.45) is 10.6. The van der Waals surface area contributed by atoms with Gasteiger partial charge in [0, 0.05) is 37.3 Å². The summed E-state index contributed by atoms with van der Waals surface area (Å²) >= 11 is 0. The fourth-order valence-electron chi connectivity index (χ4n) is 5.96. The van der Waals surface area contributed by atoms with Gasteiger partial charge in [0.25, 0.3) is 0 Å². The predicted octanol–water partition coefficient (Wildman–Crippen LogP) is 2.95. The van der Waals surface area contributed by atoms with Gasteiger partial charge in [0.05, 0.1) is 6.26 Å². The van der Waals surface area contributed by atoms with E-state index >= 15 is 0 Å². The Bertz CT molecular complexity index is 852. The van der Waals surface area contributed by atoms with E-state index in [1.165, 1.54) is 37.5 Å². The van der Waals surface area contributed by atoms with Gasteiger partial charge in [0.15, 0.2) is 0 Å². The van der Waals surface area contributed by atoms with Crippen molar-refractivity contribution in [1.29, 1.82) is 0 Å². The zero-order chi connectivity index (χ0) is 21.3. The van der Waals surface area contributed by atoms with Crippen LogP contribution in [0.2, 0.25) is 0 Å². The number of amides is 1. The number of primary amides is 1. The number of nitrogens with two attached hydrogens (primary N) is 1. The standard InChI is InChI=1S/C23H35N3O3S/c1-30(28,29)25(16-17-5-2-3-6-17)11-12-26-21-9-10-22(26)15-20(14-21)18-7-4-8-19(13-18)23(24)27/h4,7-8,13,17,20-22H,2-3,5-6,9-12,14-16H2,1H3,(H2,24,27)/t20?,21-,22+. The Morgan fingerprint density at radius 3 is 2.40 bits per heavy atom. The van der Waals surface area contributed by atoms with Crippen LogP contribution in [0.4, 0.5) is 0 Å². The third-order valence-electron chi connectivity index (χ3n) is 7.54. The molecule has 7 heteroatoms. The summed E-state index contributed by atoms with van der Waals surface area (Å²) in [7, 11) is -3.17. The number of carbonyl (C=O) groups is 1. The van der Waals surface area contributed by atoms with Crippen LogP contribution < -0.4 is 5.73 Å². The maximum Gasteiger partial charge on any atom is 0.248 e. The van der Waals surface area contributed by atoms with E-state index in [-0.39, 0.29) is 5.91 Å². The topological polar surface area (TPSA) is 83.7 Å². The summed E-state index contributed by atoms with van der Waals surface area (Å²) in [5.41, 5.74) is 7.25. The van der Waals surface area contributed by atoms with Gasteiger partial charge >= 0.3 is 0 Å². The van der Waals surface area contributed by atoms with E-state index < -0.39 is 10.0 Å². The summed E-state index contributed by atoms with van der Waals surface area (Å²) in [6.45, 7) is 2.11. The van der Waals surface area contributed by atoms with Crippen molar-refractivity contribution in [2.24, 2.45) is 11.7 Å². The third kappa shape index (κ3) is 4.89. The number of piperidine rings is 1. The van der Waals surface area contributed by atoms with Gasteiger partial charge in [0.2, 0.25) is 15.9 Å². The molecule has 30 heavy (non-hydrogen) atoms. The van der Waals surface area contributed by atoms with Gasteiger partial charge in [-0.15, -0.1) is 0 Å². The van der Waals surface area contributed by atoms with Crippen molar-refractivity contribution < 1.29 is 13.2 Å². The first kappa shape index (κ1) is 21.8. The van der Waals surface area contributed by atoms with Crippen molar-refractivity contribution in [2.75, 3.05) is 25.9 Å². The lowest BCUT2D eigenvalue weighted by Crippen LogP contribution is -2.47. The molecule has 2 bridgehead atoms. The second-order valence-electron chi connectivity index (χ2n) is 9.55. The molecule has 0 radical (unpaired) electrons. The van der Waals surface area contributed by atoms with Crippen LogP contribution in [0, 0.1) is 5.92 Å². The molecular weight excluding hydrogens is 398 g/mol. The molecule has 3 atom stereocenters. The molecule has 4 rings (SSSR count). The summed E-state index contributed by atoms with van der Waals surface area (Å²) in [5.74, 6) is 0.600. The highest BCUT2D eigenvalue weighted by Gasteiger charge is 2.41. The number of benzene rings is 1. The first-order valence-corrected chi connectivity index (χ1v) is 13.3. The normalized spacial score (nSPS) is 27.7. The fraction of sp³-hybridized carbons (Fsp3) is 0.696. The average Bonchev–Trinajstić information content (AvgIpc) is 3.29. The van der Waals surface area contributed by atoms with Crippen molar-refractivity contribution >= 4 is 15.9 Å². The Hall–Kier alpha value is -1.44. The molecule has 0 spiro atoms. The molecule has 1 aliphatic carbocycles. The van der Waals surface area contributed by atoms with Gasteiger partial charge in [-0.05, 0) is 68.1 Å². The fourth-order valence-corrected chi connectivity index (χ4v) is 6.85. The highest BCUT2D eigenvalue weighted by atomic mass is 32.2. The van der Waals surface area contributed by atoms with E-state index in [4.69, 9.17) is 5.73 Å². The molecular formula is C23H35N3O3S. The van der Waals surface area contributed by atoms with E-state index in [9.17, 15) is 13.2 Å². The number of sulfonamides is 1. The van der Waals surface area contributed by atoms with Crippen molar-refractivity contribution in [3.8, 4) is 0 Å². The van der Waals surface area contributed by atoms with Crippen LogP contribution in [0.3, 0.4) is 0 Å². The van der Waals surface area contributed by atoms with E-state index in [0.717, 1.165) is 32.2 Å². The van der Waals surface area contributed by atoms with E-state index in [2.05, 4.69) is 11.0 Å². The summed E-state index contributed by atoms with van der Waals surface area (Å²) in [4.78, 5) is 14.1. The minimum absolute atomic E-state index is 0.375. The van der Waals surface area contributed by atoms with Crippen molar-refractivity contribution in [1.82, 2.24) is 9.21 Å². The molecule has 0 aromatic heterocycles. The summed E-state index contributed by atoms with van der Waals surface area (Å²) in [5, 5.41) is 0. The first-order valence-electron chi connectivity index (χ1n) is 11.4. The Morgan fingerprint density at radius 1 is 1.13 bits per heavy atom. The minimum Gasteiger partial charge on any atom is -0.366 e. The van der Waals surface area contributed by atoms with Crippen LogP contribution in [0.5, 0.6) is 0 Å². The molecule has 2 saturated heterocycles. The SMILES string of the molecule is CS(=O)(=O)N(CCN1[C@@H]2CC[C@H]1CC(c1cccc(C(N)=O)c1)C2)CC1CCCC1. The lowest BCUT2D eigenvalue weighted by Gasteiger charge is -2.40. The van der Waals surface area contributed by atoms with Crippen molar-refractivity contribution in [2.45, 2.75) is 69.4 Å². The lowest BCUT2D eigenvalue weighted by molar-refractivity contribution is 0.0999. The average molecular weight is 434 g/mol. The second-order valence-corrected chi connectivity index (χ2v) is 11.5. The number of fused-ring (bicyclic) bond motifs is 2. The number of nitrogens with zero attached hydrogens (tertiary/aromatic N) is 2. The quantitative estimate of drug-likeness (QED) is 0.683.